The van der Waals surface area contributed by atoms with Crippen LogP contribution >= 0.6 is 0 Å². The van der Waals surface area contributed by atoms with E-state index in [9.17, 15) is 4.79 Å². The Kier molecular flexibility index (Phi) is 4.09. The highest BCUT2D eigenvalue weighted by molar-refractivity contribution is 6.02. The van der Waals surface area contributed by atoms with Crippen molar-refractivity contribution >= 4 is 22.4 Å². The molecule has 1 aliphatic rings. The highest BCUT2D eigenvalue weighted by Gasteiger charge is 2.32. The maximum Gasteiger partial charge on any atom is 0.257 e. The number of carbonyl (C=O) groups is 1. The van der Waals surface area contributed by atoms with Crippen LogP contribution in [0.15, 0.2) is 73.3 Å². The zero-order valence-electron chi connectivity index (χ0n) is 14.6. The summed E-state index contributed by atoms with van der Waals surface area (Å²) in [5.74, 6) is 0.743. The van der Waals surface area contributed by atoms with Gasteiger partial charge >= 0.3 is 0 Å². The Morgan fingerprint density at radius 3 is 2.73 bits per heavy atom. The van der Waals surface area contributed by atoms with Crippen molar-refractivity contribution in [2.45, 2.75) is 6.17 Å². The van der Waals surface area contributed by atoms with Crippen molar-refractivity contribution in [3.05, 3.63) is 84.4 Å². The Balaban J connectivity index is 1.90. The Bertz CT molecular complexity index is 996. The normalized spacial score (nSPS) is 16.1. The number of carbonyl (C=O) groups excluding carboxylic acids is 1. The molecule has 0 saturated heterocycles. The van der Waals surface area contributed by atoms with Crippen molar-refractivity contribution in [1.29, 1.82) is 0 Å². The third-order valence-corrected chi connectivity index (χ3v) is 4.72. The maximum atomic E-state index is 12.9. The summed E-state index contributed by atoms with van der Waals surface area (Å²) in [6.45, 7) is 4.14. The Labute approximate surface area is 152 Å². The number of hydrogen-bond donors (Lipinski definition) is 1. The lowest BCUT2D eigenvalue weighted by molar-refractivity contribution is 0.0735. The highest BCUT2D eigenvalue weighted by atomic mass is 16.5. The van der Waals surface area contributed by atoms with Gasteiger partial charge in [-0.25, -0.2) is 0 Å². The van der Waals surface area contributed by atoms with E-state index in [-0.39, 0.29) is 12.1 Å². The van der Waals surface area contributed by atoms with Crippen molar-refractivity contribution < 1.29 is 9.53 Å². The first-order chi connectivity index (χ1) is 12.7. The predicted molar refractivity (Wildman–Crippen MR) is 105 cm³/mol. The number of para-hydroxylation sites is 1. The number of nitrogens with zero attached hydrogens (tertiary/aromatic N) is 1. The van der Waals surface area contributed by atoms with Gasteiger partial charge < -0.3 is 15.0 Å². The molecule has 1 atom stereocenters. The Morgan fingerprint density at radius 1 is 1.12 bits per heavy atom. The van der Waals surface area contributed by atoms with Gasteiger partial charge in [-0.05, 0) is 29.0 Å². The SMILES string of the molecule is C=CCOc1ccc2ccccc2c1C1Nc2ccccc2C(=O)N1C. The zero-order valence-corrected chi connectivity index (χ0v) is 14.6. The van der Waals surface area contributed by atoms with Gasteiger partial charge in [0.2, 0.25) is 0 Å². The summed E-state index contributed by atoms with van der Waals surface area (Å²) in [6, 6.07) is 19.7. The van der Waals surface area contributed by atoms with E-state index in [0.29, 0.717) is 12.2 Å². The van der Waals surface area contributed by atoms with E-state index < -0.39 is 0 Å². The minimum absolute atomic E-state index is 0.00745. The van der Waals surface area contributed by atoms with Gasteiger partial charge in [0.1, 0.15) is 18.5 Å². The Hall–Kier alpha value is -3.27. The van der Waals surface area contributed by atoms with Crippen LogP contribution in [0.1, 0.15) is 22.1 Å². The van der Waals surface area contributed by atoms with Crippen LogP contribution in [-0.2, 0) is 0 Å². The van der Waals surface area contributed by atoms with Crippen LogP contribution in [-0.4, -0.2) is 24.5 Å². The lowest BCUT2D eigenvalue weighted by Crippen LogP contribution is -2.40. The molecule has 26 heavy (non-hydrogen) atoms. The van der Waals surface area contributed by atoms with Gasteiger partial charge in [-0.15, -0.1) is 0 Å². The summed E-state index contributed by atoms with van der Waals surface area (Å²) in [6.07, 6.45) is 1.40. The van der Waals surface area contributed by atoms with Gasteiger partial charge in [-0.1, -0.05) is 55.1 Å². The molecular formula is C22H20N2O2. The van der Waals surface area contributed by atoms with E-state index in [4.69, 9.17) is 4.74 Å². The van der Waals surface area contributed by atoms with Crippen molar-refractivity contribution in [1.82, 2.24) is 4.90 Å². The standard InChI is InChI=1S/C22H20N2O2/c1-3-14-26-19-13-12-15-8-4-5-9-16(15)20(19)21-23-18-11-7-6-10-17(18)22(25)24(21)2/h3-13,21,23H,1,14H2,2H3. The van der Waals surface area contributed by atoms with Gasteiger partial charge in [0.05, 0.1) is 5.56 Å². The summed E-state index contributed by atoms with van der Waals surface area (Å²) in [5, 5.41) is 5.67. The number of benzene rings is 3. The molecule has 0 aliphatic carbocycles. The molecule has 4 heteroatoms. The summed E-state index contributed by atoms with van der Waals surface area (Å²) in [5.41, 5.74) is 2.47. The Morgan fingerprint density at radius 2 is 1.88 bits per heavy atom. The molecule has 0 aromatic heterocycles. The molecule has 4 rings (SSSR count). The summed E-state index contributed by atoms with van der Waals surface area (Å²) in [4.78, 5) is 14.6. The number of anilines is 1. The fourth-order valence-electron chi connectivity index (χ4n) is 3.44. The minimum Gasteiger partial charge on any atom is -0.489 e. The van der Waals surface area contributed by atoms with E-state index in [0.717, 1.165) is 27.8 Å². The number of rotatable bonds is 4. The first kappa shape index (κ1) is 16.2. The monoisotopic (exact) mass is 344 g/mol. The highest BCUT2D eigenvalue weighted by Crippen LogP contribution is 2.39. The molecule has 3 aromatic carbocycles. The van der Waals surface area contributed by atoms with Crippen LogP contribution in [0.25, 0.3) is 10.8 Å². The molecule has 0 spiro atoms. The van der Waals surface area contributed by atoms with E-state index in [1.165, 1.54) is 0 Å². The fourth-order valence-corrected chi connectivity index (χ4v) is 3.44. The molecule has 3 aromatic rings. The van der Waals surface area contributed by atoms with Gasteiger partial charge in [0, 0.05) is 18.3 Å². The molecule has 1 aliphatic heterocycles. The largest absolute Gasteiger partial charge is 0.489 e. The zero-order chi connectivity index (χ0) is 18.1. The molecule has 130 valence electrons. The molecule has 1 amide bonds. The second kappa shape index (κ2) is 6.56. The van der Waals surface area contributed by atoms with E-state index >= 15 is 0 Å². The second-order valence-electron chi connectivity index (χ2n) is 6.31. The number of ether oxygens (including phenoxy) is 1. The maximum absolute atomic E-state index is 12.9. The van der Waals surface area contributed by atoms with Crippen LogP contribution in [0.4, 0.5) is 5.69 Å². The third kappa shape index (κ3) is 2.60. The quantitative estimate of drug-likeness (QED) is 0.703. The average Bonchev–Trinajstić information content (AvgIpc) is 2.69. The number of hydrogen-bond acceptors (Lipinski definition) is 3. The minimum atomic E-state index is -0.316. The van der Waals surface area contributed by atoms with Crippen molar-refractivity contribution in [3.63, 3.8) is 0 Å². The average molecular weight is 344 g/mol. The van der Waals surface area contributed by atoms with Gasteiger partial charge in [0.25, 0.3) is 5.91 Å². The van der Waals surface area contributed by atoms with E-state index in [1.54, 1.807) is 11.0 Å². The molecule has 1 heterocycles. The number of nitrogens with one attached hydrogen (secondary N) is 1. The van der Waals surface area contributed by atoms with Crippen LogP contribution in [0.3, 0.4) is 0 Å². The fraction of sp³-hybridized carbons (Fsp3) is 0.136. The molecule has 4 nitrogen and oxygen atoms in total. The lowest BCUT2D eigenvalue weighted by Gasteiger charge is -2.36. The third-order valence-electron chi connectivity index (χ3n) is 4.72. The van der Waals surface area contributed by atoms with Crippen LogP contribution in [0.2, 0.25) is 0 Å². The molecule has 0 fully saturated rings. The van der Waals surface area contributed by atoms with E-state index in [1.807, 2.05) is 55.6 Å². The summed E-state index contributed by atoms with van der Waals surface area (Å²) >= 11 is 0. The molecule has 1 unspecified atom stereocenters. The van der Waals surface area contributed by atoms with Crippen molar-refractivity contribution in [2.75, 3.05) is 19.0 Å². The molecule has 0 radical (unpaired) electrons. The van der Waals surface area contributed by atoms with Crippen molar-refractivity contribution in [3.8, 4) is 5.75 Å². The van der Waals surface area contributed by atoms with Crippen LogP contribution in [0.5, 0.6) is 5.75 Å². The molecular weight excluding hydrogens is 324 g/mol. The van der Waals surface area contributed by atoms with E-state index in [2.05, 4.69) is 24.0 Å². The first-order valence-corrected chi connectivity index (χ1v) is 8.59. The smallest absolute Gasteiger partial charge is 0.257 e. The van der Waals surface area contributed by atoms with Crippen LogP contribution < -0.4 is 10.1 Å². The van der Waals surface area contributed by atoms with Gasteiger partial charge in [-0.3, -0.25) is 4.79 Å². The second-order valence-corrected chi connectivity index (χ2v) is 6.31. The van der Waals surface area contributed by atoms with Crippen molar-refractivity contribution in [2.24, 2.45) is 0 Å². The van der Waals surface area contributed by atoms with Gasteiger partial charge in [-0.2, -0.15) is 0 Å². The number of fused-ring (bicyclic) bond motifs is 2. The van der Waals surface area contributed by atoms with Crippen LogP contribution in [0, 0.1) is 0 Å². The molecule has 1 N–H and O–H groups in total. The lowest BCUT2D eigenvalue weighted by atomic mass is 9.98. The summed E-state index contributed by atoms with van der Waals surface area (Å²) in [7, 11) is 1.81. The molecule has 0 bridgehead atoms. The topological polar surface area (TPSA) is 41.6 Å². The summed E-state index contributed by atoms with van der Waals surface area (Å²) < 4.78 is 5.92. The number of amides is 1. The first-order valence-electron chi connectivity index (χ1n) is 8.59. The van der Waals surface area contributed by atoms with Gasteiger partial charge in [0.15, 0.2) is 0 Å². The molecule has 0 saturated carbocycles. The predicted octanol–water partition coefficient (Wildman–Crippen LogP) is 4.60.